The van der Waals surface area contributed by atoms with E-state index < -0.39 is 0 Å². The standard InChI is InChI=1S/C15H23NO2/c1-3-4-5-6-7-8-14(17)11-13-9-10-15(18-2)16-12-13/h9-10,12H,3-8,11H2,1-2H3. The van der Waals surface area contributed by atoms with Crippen molar-refractivity contribution in [3.8, 4) is 5.88 Å². The first-order chi connectivity index (χ1) is 8.76. The van der Waals surface area contributed by atoms with Crippen LogP contribution in [0.3, 0.4) is 0 Å². The zero-order chi connectivity index (χ0) is 13.2. The molecule has 0 atom stereocenters. The molecule has 0 N–H and O–H groups in total. The van der Waals surface area contributed by atoms with Crippen LogP contribution < -0.4 is 4.74 Å². The Labute approximate surface area is 110 Å². The number of hydrogen-bond acceptors (Lipinski definition) is 3. The van der Waals surface area contributed by atoms with Gasteiger partial charge in [0.1, 0.15) is 5.78 Å². The first-order valence-corrected chi connectivity index (χ1v) is 6.77. The largest absolute Gasteiger partial charge is 0.481 e. The second kappa shape index (κ2) is 8.67. The maximum absolute atomic E-state index is 11.7. The lowest BCUT2D eigenvalue weighted by molar-refractivity contribution is -0.118. The summed E-state index contributed by atoms with van der Waals surface area (Å²) in [7, 11) is 1.59. The highest BCUT2D eigenvalue weighted by Gasteiger charge is 2.04. The van der Waals surface area contributed by atoms with Crippen molar-refractivity contribution in [2.45, 2.75) is 51.9 Å². The molecule has 0 amide bonds. The third-order valence-electron chi connectivity index (χ3n) is 2.97. The molecule has 0 fully saturated rings. The summed E-state index contributed by atoms with van der Waals surface area (Å²) in [6.07, 6.45) is 8.84. The summed E-state index contributed by atoms with van der Waals surface area (Å²) in [6, 6.07) is 3.70. The van der Waals surface area contributed by atoms with Crippen molar-refractivity contribution in [3.63, 3.8) is 0 Å². The molecule has 0 aromatic carbocycles. The van der Waals surface area contributed by atoms with E-state index in [2.05, 4.69) is 11.9 Å². The van der Waals surface area contributed by atoms with Gasteiger partial charge in [-0.3, -0.25) is 4.79 Å². The van der Waals surface area contributed by atoms with Gasteiger partial charge in [0.2, 0.25) is 5.88 Å². The van der Waals surface area contributed by atoms with Gasteiger partial charge in [-0.1, -0.05) is 38.7 Å². The van der Waals surface area contributed by atoms with Crippen LogP contribution in [0.1, 0.15) is 51.0 Å². The summed E-state index contributed by atoms with van der Waals surface area (Å²) < 4.78 is 4.98. The monoisotopic (exact) mass is 249 g/mol. The Bertz CT molecular complexity index is 346. The van der Waals surface area contributed by atoms with Crippen LogP contribution in [-0.2, 0) is 11.2 Å². The van der Waals surface area contributed by atoms with Crippen LogP contribution in [0.5, 0.6) is 5.88 Å². The number of rotatable bonds is 9. The van der Waals surface area contributed by atoms with Gasteiger partial charge in [-0.05, 0) is 12.0 Å². The molecule has 0 saturated heterocycles. The molecule has 3 nitrogen and oxygen atoms in total. The summed E-state index contributed by atoms with van der Waals surface area (Å²) in [6.45, 7) is 2.20. The van der Waals surface area contributed by atoms with Gasteiger partial charge in [0.05, 0.1) is 7.11 Å². The first kappa shape index (κ1) is 14.7. The molecule has 1 rings (SSSR count). The Morgan fingerprint density at radius 1 is 1.22 bits per heavy atom. The summed E-state index contributed by atoms with van der Waals surface area (Å²) in [4.78, 5) is 15.8. The number of Topliss-reactive ketones (excluding diaryl/α,β-unsaturated/α-hetero) is 1. The van der Waals surface area contributed by atoms with E-state index >= 15 is 0 Å². The molecule has 0 unspecified atom stereocenters. The first-order valence-electron chi connectivity index (χ1n) is 6.77. The van der Waals surface area contributed by atoms with Crippen molar-refractivity contribution >= 4 is 5.78 Å². The molecule has 0 aliphatic heterocycles. The van der Waals surface area contributed by atoms with Crippen LogP contribution in [0.2, 0.25) is 0 Å². The van der Waals surface area contributed by atoms with Crippen LogP contribution in [0.15, 0.2) is 18.3 Å². The van der Waals surface area contributed by atoms with E-state index in [0.717, 1.165) is 12.0 Å². The van der Waals surface area contributed by atoms with Crippen LogP contribution >= 0.6 is 0 Å². The number of unbranched alkanes of at least 4 members (excludes halogenated alkanes) is 4. The van der Waals surface area contributed by atoms with Gasteiger partial charge < -0.3 is 4.74 Å². The lowest BCUT2D eigenvalue weighted by atomic mass is 10.0. The fourth-order valence-corrected chi connectivity index (χ4v) is 1.88. The Kier molecular flexibility index (Phi) is 7.07. The van der Waals surface area contributed by atoms with Gasteiger partial charge in [0.25, 0.3) is 0 Å². The van der Waals surface area contributed by atoms with Crippen LogP contribution in [0.25, 0.3) is 0 Å². The van der Waals surface area contributed by atoms with E-state index in [1.807, 2.05) is 6.07 Å². The highest BCUT2D eigenvalue weighted by Crippen LogP contribution is 2.10. The lowest BCUT2D eigenvalue weighted by Crippen LogP contribution is -2.03. The SMILES string of the molecule is CCCCCCCC(=O)Cc1ccc(OC)nc1. The second-order valence-electron chi connectivity index (χ2n) is 4.59. The molecule has 1 aromatic rings. The molecule has 0 aliphatic carbocycles. The van der Waals surface area contributed by atoms with Crippen LogP contribution in [-0.4, -0.2) is 17.9 Å². The number of hydrogen-bond donors (Lipinski definition) is 0. The molecule has 0 radical (unpaired) electrons. The summed E-state index contributed by atoms with van der Waals surface area (Å²) in [5.74, 6) is 0.893. The van der Waals surface area contributed by atoms with E-state index in [9.17, 15) is 4.79 Å². The average molecular weight is 249 g/mol. The van der Waals surface area contributed by atoms with Crippen molar-refractivity contribution in [1.29, 1.82) is 0 Å². The summed E-state index contributed by atoms with van der Waals surface area (Å²) >= 11 is 0. The predicted molar refractivity (Wildman–Crippen MR) is 72.9 cm³/mol. The molecule has 0 bridgehead atoms. The maximum atomic E-state index is 11.7. The molecular weight excluding hydrogens is 226 g/mol. The molecular formula is C15H23NO2. The normalized spacial score (nSPS) is 10.3. The zero-order valence-electron chi connectivity index (χ0n) is 11.4. The van der Waals surface area contributed by atoms with E-state index in [-0.39, 0.29) is 0 Å². The minimum absolute atomic E-state index is 0.304. The van der Waals surface area contributed by atoms with Crippen molar-refractivity contribution in [1.82, 2.24) is 4.98 Å². The fraction of sp³-hybridized carbons (Fsp3) is 0.600. The Balaban J connectivity index is 2.22. The number of ether oxygens (including phenoxy) is 1. The van der Waals surface area contributed by atoms with Gasteiger partial charge in [0, 0.05) is 25.1 Å². The van der Waals surface area contributed by atoms with Gasteiger partial charge in [0.15, 0.2) is 0 Å². The number of aromatic nitrogens is 1. The van der Waals surface area contributed by atoms with Gasteiger partial charge in [-0.2, -0.15) is 0 Å². The van der Waals surface area contributed by atoms with Crippen molar-refractivity contribution in [3.05, 3.63) is 23.9 Å². The molecule has 1 aromatic heterocycles. The second-order valence-corrected chi connectivity index (χ2v) is 4.59. The Morgan fingerprint density at radius 2 is 2.00 bits per heavy atom. The minimum atomic E-state index is 0.304. The fourth-order valence-electron chi connectivity index (χ4n) is 1.88. The summed E-state index contributed by atoms with van der Waals surface area (Å²) in [5, 5.41) is 0. The van der Waals surface area contributed by atoms with E-state index in [0.29, 0.717) is 24.5 Å². The highest BCUT2D eigenvalue weighted by atomic mass is 16.5. The molecule has 3 heteroatoms. The van der Waals surface area contributed by atoms with Crippen LogP contribution in [0, 0.1) is 0 Å². The number of ketones is 1. The Hall–Kier alpha value is -1.38. The van der Waals surface area contributed by atoms with Gasteiger partial charge in [-0.25, -0.2) is 4.98 Å². The number of carbonyl (C=O) groups is 1. The van der Waals surface area contributed by atoms with Gasteiger partial charge >= 0.3 is 0 Å². The molecule has 0 spiro atoms. The third kappa shape index (κ3) is 5.80. The van der Waals surface area contributed by atoms with Gasteiger partial charge in [-0.15, -0.1) is 0 Å². The minimum Gasteiger partial charge on any atom is -0.481 e. The van der Waals surface area contributed by atoms with E-state index in [1.165, 1.54) is 25.7 Å². The third-order valence-corrected chi connectivity index (χ3v) is 2.97. The number of carbonyl (C=O) groups excluding carboxylic acids is 1. The molecule has 0 aliphatic rings. The zero-order valence-corrected chi connectivity index (χ0v) is 11.4. The Morgan fingerprint density at radius 3 is 2.61 bits per heavy atom. The predicted octanol–water partition coefficient (Wildman–Crippen LogP) is 3.56. The van der Waals surface area contributed by atoms with E-state index in [4.69, 9.17) is 4.74 Å². The average Bonchev–Trinajstić information content (AvgIpc) is 2.39. The quantitative estimate of drug-likeness (QED) is 0.628. The van der Waals surface area contributed by atoms with Crippen LogP contribution in [0.4, 0.5) is 0 Å². The van der Waals surface area contributed by atoms with Crippen molar-refractivity contribution in [2.75, 3.05) is 7.11 Å². The lowest BCUT2D eigenvalue weighted by Gasteiger charge is -2.03. The smallest absolute Gasteiger partial charge is 0.212 e. The number of nitrogens with zero attached hydrogens (tertiary/aromatic N) is 1. The molecule has 18 heavy (non-hydrogen) atoms. The topological polar surface area (TPSA) is 39.2 Å². The van der Waals surface area contributed by atoms with E-state index in [1.54, 1.807) is 19.4 Å². The highest BCUT2D eigenvalue weighted by molar-refractivity contribution is 5.80. The maximum Gasteiger partial charge on any atom is 0.212 e. The van der Waals surface area contributed by atoms with Crippen molar-refractivity contribution < 1.29 is 9.53 Å². The molecule has 1 heterocycles. The molecule has 100 valence electrons. The summed E-state index contributed by atoms with van der Waals surface area (Å²) in [5.41, 5.74) is 0.967. The van der Waals surface area contributed by atoms with Crippen molar-refractivity contribution in [2.24, 2.45) is 0 Å². The molecule has 0 saturated carbocycles. The number of pyridine rings is 1. The number of methoxy groups -OCH3 is 1.